The van der Waals surface area contributed by atoms with Gasteiger partial charge in [-0.2, -0.15) is 0 Å². The summed E-state index contributed by atoms with van der Waals surface area (Å²) in [4.78, 5) is 42.1. The average molecular weight is 528 g/mol. The van der Waals surface area contributed by atoms with Crippen LogP contribution < -0.4 is 10.6 Å². The molecule has 39 heavy (non-hydrogen) atoms. The minimum Gasteiger partial charge on any atom is -0.445 e. The number of hydrogen-bond acceptors (Lipinski definition) is 6. The number of hydrogen-bond donors (Lipinski definition) is 2. The van der Waals surface area contributed by atoms with Gasteiger partial charge in [0.1, 0.15) is 12.1 Å². The molecule has 2 atom stereocenters. The van der Waals surface area contributed by atoms with Gasteiger partial charge in [-0.1, -0.05) is 79.7 Å². The highest BCUT2D eigenvalue weighted by Crippen LogP contribution is 2.26. The van der Waals surface area contributed by atoms with Crippen LogP contribution in [0.25, 0.3) is 11.1 Å². The standard InChI is InChI=1S/C31H33N3O5/c1-22(20-33-31(37)38-21-23-10-4-2-5-11-23)16-17-28(35)32-19-18-25(24-12-6-3-7-13-24)29(36)30-34-26-14-8-9-15-27(26)39-30/h2-15,22,25H,16-21H2,1H3,(H,32,35)(H,33,37). The third-order valence-electron chi connectivity index (χ3n) is 6.45. The molecule has 3 aromatic carbocycles. The molecule has 0 bridgehead atoms. The molecule has 1 heterocycles. The Morgan fingerprint density at radius 1 is 0.872 bits per heavy atom. The number of benzene rings is 3. The van der Waals surface area contributed by atoms with Gasteiger partial charge in [-0.15, -0.1) is 0 Å². The Morgan fingerprint density at radius 2 is 1.56 bits per heavy atom. The molecule has 0 aliphatic heterocycles. The van der Waals surface area contributed by atoms with E-state index in [2.05, 4.69) is 15.6 Å². The van der Waals surface area contributed by atoms with Crippen LogP contribution in [-0.4, -0.2) is 35.9 Å². The molecule has 2 amide bonds. The second-order valence-corrected chi connectivity index (χ2v) is 9.54. The molecule has 8 heteroatoms. The van der Waals surface area contributed by atoms with E-state index in [1.165, 1.54) is 0 Å². The fourth-order valence-corrected chi connectivity index (χ4v) is 4.22. The van der Waals surface area contributed by atoms with Gasteiger partial charge >= 0.3 is 6.09 Å². The molecule has 0 saturated heterocycles. The lowest BCUT2D eigenvalue weighted by atomic mass is 9.91. The van der Waals surface area contributed by atoms with Gasteiger partial charge < -0.3 is 19.8 Å². The minimum atomic E-state index is -0.496. The Morgan fingerprint density at radius 3 is 2.31 bits per heavy atom. The average Bonchev–Trinajstić information content (AvgIpc) is 3.41. The molecule has 2 unspecified atom stereocenters. The first-order valence-electron chi connectivity index (χ1n) is 13.2. The predicted molar refractivity (Wildman–Crippen MR) is 148 cm³/mol. The Labute approximate surface area is 227 Å². The second-order valence-electron chi connectivity index (χ2n) is 9.54. The number of amides is 2. The van der Waals surface area contributed by atoms with Gasteiger partial charge in [-0.3, -0.25) is 9.59 Å². The number of carbonyl (C=O) groups excluding carboxylic acids is 3. The highest BCUT2D eigenvalue weighted by Gasteiger charge is 2.26. The highest BCUT2D eigenvalue weighted by atomic mass is 16.5. The molecule has 0 aliphatic carbocycles. The van der Waals surface area contributed by atoms with Crippen LogP contribution in [0, 0.1) is 5.92 Å². The van der Waals surface area contributed by atoms with Crippen molar-refractivity contribution in [2.24, 2.45) is 5.92 Å². The van der Waals surface area contributed by atoms with Crippen molar-refractivity contribution in [3.8, 4) is 0 Å². The lowest BCUT2D eigenvalue weighted by Crippen LogP contribution is -2.30. The molecule has 2 N–H and O–H groups in total. The number of ether oxygens (including phenoxy) is 1. The number of alkyl carbamates (subject to hydrolysis) is 1. The lowest BCUT2D eigenvalue weighted by Gasteiger charge is -2.16. The van der Waals surface area contributed by atoms with E-state index in [4.69, 9.17) is 9.15 Å². The number of fused-ring (bicyclic) bond motifs is 1. The normalized spacial score (nSPS) is 12.4. The van der Waals surface area contributed by atoms with Crippen LogP contribution >= 0.6 is 0 Å². The quantitative estimate of drug-likeness (QED) is 0.218. The summed E-state index contributed by atoms with van der Waals surface area (Å²) in [6.45, 7) is 2.93. The number of aromatic nitrogens is 1. The van der Waals surface area contributed by atoms with Crippen LogP contribution in [-0.2, 0) is 16.1 Å². The second kappa shape index (κ2) is 13.9. The zero-order valence-electron chi connectivity index (χ0n) is 22.0. The van der Waals surface area contributed by atoms with E-state index in [-0.39, 0.29) is 30.1 Å². The molecule has 202 valence electrons. The first kappa shape index (κ1) is 27.6. The smallest absolute Gasteiger partial charge is 0.407 e. The molecule has 0 aliphatic rings. The summed E-state index contributed by atoms with van der Waals surface area (Å²) in [5.41, 5.74) is 2.96. The van der Waals surface area contributed by atoms with Crippen LogP contribution in [0.2, 0.25) is 0 Å². The molecule has 8 nitrogen and oxygen atoms in total. The fraction of sp³-hybridized carbons (Fsp3) is 0.290. The van der Waals surface area contributed by atoms with E-state index in [1.54, 1.807) is 12.1 Å². The summed E-state index contributed by atoms with van der Waals surface area (Å²) in [6.07, 6.45) is 0.856. The van der Waals surface area contributed by atoms with Crippen molar-refractivity contribution < 1.29 is 23.5 Å². The molecule has 0 spiro atoms. The number of rotatable bonds is 13. The molecular formula is C31H33N3O5. The maximum Gasteiger partial charge on any atom is 0.407 e. The van der Waals surface area contributed by atoms with E-state index in [0.29, 0.717) is 43.5 Å². The van der Waals surface area contributed by atoms with E-state index in [1.807, 2.05) is 79.7 Å². The number of carbonyl (C=O) groups is 3. The summed E-state index contributed by atoms with van der Waals surface area (Å²) in [5.74, 6) is -0.650. The van der Waals surface area contributed by atoms with Gasteiger partial charge in [0.15, 0.2) is 5.58 Å². The zero-order valence-corrected chi connectivity index (χ0v) is 22.0. The van der Waals surface area contributed by atoms with Crippen molar-refractivity contribution in [2.75, 3.05) is 13.1 Å². The van der Waals surface area contributed by atoms with Gasteiger partial charge in [-0.25, -0.2) is 9.78 Å². The fourth-order valence-electron chi connectivity index (χ4n) is 4.22. The molecule has 0 radical (unpaired) electrons. The lowest BCUT2D eigenvalue weighted by molar-refractivity contribution is -0.121. The molecule has 0 saturated carbocycles. The number of Topliss-reactive ketones (excluding diaryl/α,β-unsaturated/α-hetero) is 1. The van der Waals surface area contributed by atoms with Crippen LogP contribution in [0.1, 0.15) is 53.9 Å². The van der Waals surface area contributed by atoms with Gasteiger partial charge in [0, 0.05) is 19.5 Å². The van der Waals surface area contributed by atoms with Gasteiger partial charge in [0.2, 0.25) is 11.7 Å². The SMILES string of the molecule is CC(CCC(=O)NCCC(C(=O)c1nc2ccccc2o1)c1ccccc1)CNC(=O)OCc1ccccc1. The van der Waals surface area contributed by atoms with Crippen molar-refractivity contribution in [2.45, 2.75) is 38.7 Å². The predicted octanol–water partition coefficient (Wildman–Crippen LogP) is 5.64. The molecule has 1 aromatic heterocycles. The Bertz CT molecular complexity index is 1340. The first-order valence-corrected chi connectivity index (χ1v) is 13.2. The first-order chi connectivity index (χ1) is 19.0. The Hall–Kier alpha value is -4.46. The Balaban J connectivity index is 1.21. The largest absolute Gasteiger partial charge is 0.445 e. The highest BCUT2D eigenvalue weighted by molar-refractivity contribution is 5.99. The van der Waals surface area contributed by atoms with Crippen LogP contribution in [0.3, 0.4) is 0 Å². The summed E-state index contributed by atoms with van der Waals surface area (Å²) < 4.78 is 10.9. The molecule has 4 aromatic rings. The van der Waals surface area contributed by atoms with Crippen molar-refractivity contribution >= 4 is 28.9 Å². The van der Waals surface area contributed by atoms with E-state index in [9.17, 15) is 14.4 Å². The topological polar surface area (TPSA) is 111 Å². The summed E-state index contributed by atoms with van der Waals surface area (Å²) in [5, 5.41) is 5.67. The van der Waals surface area contributed by atoms with Crippen molar-refractivity contribution in [1.82, 2.24) is 15.6 Å². The van der Waals surface area contributed by atoms with Gasteiger partial charge in [-0.05, 0) is 42.0 Å². The van der Waals surface area contributed by atoms with Crippen molar-refractivity contribution in [3.63, 3.8) is 0 Å². The summed E-state index contributed by atoms with van der Waals surface area (Å²) >= 11 is 0. The Kier molecular flexibility index (Phi) is 9.83. The number of ketones is 1. The van der Waals surface area contributed by atoms with Crippen LogP contribution in [0.4, 0.5) is 4.79 Å². The monoisotopic (exact) mass is 527 g/mol. The minimum absolute atomic E-state index is 0.0694. The van der Waals surface area contributed by atoms with Gasteiger partial charge in [0.05, 0.1) is 5.92 Å². The molecule has 0 fully saturated rings. The van der Waals surface area contributed by atoms with Crippen molar-refractivity contribution in [1.29, 1.82) is 0 Å². The maximum absolute atomic E-state index is 13.3. The number of nitrogens with zero attached hydrogens (tertiary/aromatic N) is 1. The van der Waals surface area contributed by atoms with Gasteiger partial charge in [0.25, 0.3) is 5.89 Å². The van der Waals surface area contributed by atoms with E-state index in [0.717, 1.165) is 11.1 Å². The summed E-state index contributed by atoms with van der Waals surface area (Å²) in [6, 6.07) is 26.2. The van der Waals surface area contributed by atoms with E-state index < -0.39 is 12.0 Å². The number of nitrogens with one attached hydrogen (secondary N) is 2. The van der Waals surface area contributed by atoms with E-state index >= 15 is 0 Å². The number of oxazole rings is 1. The molecule has 4 rings (SSSR count). The van der Waals surface area contributed by atoms with Crippen LogP contribution in [0.5, 0.6) is 0 Å². The third-order valence-corrected chi connectivity index (χ3v) is 6.45. The maximum atomic E-state index is 13.3. The third kappa shape index (κ3) is 8.26. The molecular weight excluding hydrogens is 494 g/mol. The summed E-state index contributed by atoms with van der Waals surface area (Å²) in [7, 11) is 0. The van der Waals surface area contributed by atoms with Crippen molar-refractivity contribution in [3.05, 3.63) is 102 Å². The number of para-hydroxylation sites is 2. The van der Waals surface area contributed by atoms with Crippen LogP contribution in [0.15, 0.2) is 89.3 Å². The zero-order chi connectivity index (χ0) is 27.5.